The third-order valence-corrected chi connectivity index (χ3v) is 12.4. The molecule has 0 saturated carbocycles. The summed E-state index contributed by atoms with van der Waals surface area (Å²) < 4.78 is 17.5. The van der Waals surface area contributed by atoms with Gasteiger partial charge in [-0.05, 0) is 70.6 Å². The zero-order chi connectivity index (χ0) is 50.4. The number of esters is 1. The van der Waals surface area contributed by atoms with Crippen LogP contribution in [0.25, 0.3) is 0 Å². The van der Waals surface area contributed by atoms with Gasteiger partial charge in [-0.25, -0.2) is 0 Å². The SMILES string of the molecule is CC/C=C/C=C/C=C/C=C\CCCCCCCC(=O)OC1C(OCC(NC(=O)C(O)CCCCCCC/C=C/C=C/CCCCC)C(O)/C=C/CCCCCCCCCCC)OC(CO)C(O)C1O. The lowest BCUT2D eigenvalue weighted by molar-refractivity contribution is -0.305. The number of aliphatic hydroxyl groups excluding tert-OH is 5. The van der Waals surface area contributed by atoms with Crippen LogP contribution in [0.4, 0.5) is 0 Å². The van der Waals surface area contributed by atoms with Gasteiger partial charge >= 0.3 is 5.97 Å². The van der Waals surface area contributed by atoms with Crippen LogP contribution >= 0.6 is 0 Å². The van der Waals surface area contributed by atoms with Crippen LogP contribution in [0, 0.1) is 0 Å². The molecule has 1 aliphatic rings. The van der Waals surface area contributed by atoms with Crippen molar-refractivity contribution in [3.05, 3.63) is 85.1 Å². The van der Waals surface area contributed by atoms with Crippen molar-refractivity contribution in [1.29, 1.82) is 0 Å². The Morgan fingerprint density at radius 2 is 1.04 bits per heavy atom. The van der Waals surface area contributed by atoms with Gasteiger partial charge in [0.2, 0.25) is 5.91 Å². The number of carbonyl (C=O) groups excluding carboxylic acids is 2. The van der Waals surface area contributed by atoms with E-state index in [0.717, 1.165) is 103 Å². The number of carbonyl (C=O) groups is 2. The van der Waals surface area contributed by atoms with Crippen LogP contribution in [0.3, 0.4) is 0 Å². The van der Waals surface area contributed by atoms with Crippen molar-refractivity contribution < 1.29 is 49.3 Å². The van der Waals surface area contributed by atoms with E-state index in [9.17, 15) is 35.1 Å². The predicted octanol–water partition coefficient (Wildman–Crippen LogP) is 11.8. The Morgan fingerprint density at radius 3 is 1.61 bits per heavy atom. The van der Waals surface area contributed by atoms with Crippen LogP contribution in [-0.4, -0.2) is 99.6 Å². The Bertz CT molecular complexity index is 1440. The van der Waals surface area contributed by atoms with E-state index in [1.807, 2.05) is 42.5 Å². The second kappa shape index (κ2) is 45.9. The first kappa shape index (κ1) is 63.9. The van der Waals surface area contributed by atoms with Crippen LogP contribution in [0.15, 0.2) is 85.1 Å². The van der Waals surface area contributed by atoms with E-state index in [4.69, 9.17) is 14.2 Å². The smallest absolute Gasteiger partial charge is 0.306 e. The van der Waals surface area contributed by atoms with Gasteiger partial charge in [-0.2, -0.15) is 0 Å². The number of hydrogen-bond donors (Lipinski definition) is 6. The Kier molecular flexibility index (Phi) is 42.5. The molecule has 0 aromatic heterocycles. The van der Waals surface area contributed by atoms with Crippen LogP contribution in [0.2, 0.25) is 0 Å². The summed E-state index contributed by atoms with van der Waals surface area (Å²) >= 11 is 0. The van der Waals surface area contributed by atoms with E-state index < -0.39 is 67.4 Å². The van der Waals surface area contributed by atoms with Gasteiger partial charge in [0.15, 0.2) is 12.4 Å². The van der Waals surface area contributed by atoms with E-state index in [1.165, 1.54) is 57.8 Å². The van der Waals surface area contributed by atoms with Gasteiger partial charge in [0.1, 0.15) is 24.4 Å². The summed E-state index contributed by atoms with van der Waals surface area (Å²) in [5.74, 6) is -1.24. The average molecular weight is 970 g/mol. The molecule has 8 atom stereocenters. The number of allylic oxidation sites excluding steroid dienone is 13. The van der Waals surface area contributed by atoms with Gasteiger partial charge in [0, 0.05) is 6.42 Å². The molecule has 0 bridgehead atoms. The largest absolute Gasteiger partial charge is 0.454 e. The number of unbranched alkanes of at least 4 members (excludes halogenated alkanes) is 22. The second-order valence-corrected chi connectivity index (χ2v) is 18.7. The van der Waals surface area contributed by atoms with E-state index in [0.29, 0.717) is 12.8 Å². The molecule has 0 radical (unpaired) electrons. The molecule has 0 aromatic rings. The highest BCUT2D eigenvalue weighted by Crippen LogP contribution is 2.26. The molecule has 1 saturated heterocycles. The predicted molar refractivity (Wildman–Crippen MR) is 282 cm³/mol. The van der Waals surface area contributed by atoms with Gasteiger partial charge < -0.3 is 45.1 Å². The normalized spacial score (nSPS) is 20.5. The molecule has 69 heavy (non-hydrogen) atoms. The van der Waals surface area contributed by atoms with Crippen molar-refractivity contribution in [3.8, 4) is 0 Å². The van der Waals surface area contributed by atoms with Crippen molar-refractivity contribution in [2.24, 2.45) is 0 Å². The minimum Gasteiger partial charge on any atom is -0.454 e. The molecule has 1 aliphatic heterocycles. The molecule has 0 aromatic carbocycles. The number of nitrogens with one attached hydrogen (secondary N) is 1. The first-order valence-electron chi connectivity index (χ1n) is 27.4. The minimum atomic E-state index is -1.63. The molecular weight excluding hydrogens is 871 g/mol. The van der Waals surface area contributed by atoms with Gasteiger partial charge in [-0.15, -0.1) is 0 Å². The lowest BCUT2D eigenvalue weighted by Crippen LogP contribution is -2.61. The highest BCUT2D eigenvalue weighted by atomic mass is 16.7. The summed E-state index contributed by atoms with van der Waals surface area (Å²) in [6.45, 7) is 5.56. The first-order valence-corrected chi connectivity index (χ1v) is 27.4. The fourth-order valence-electron chi connectivity index (χ4n) is 8.00. The summed E-state index contributed by atoms with van der Waals surface area (Å²) in [7, 11) is 0. The maximum atomic E-state index is 13.3. The summed E-state index contributed by atoms with van der Waals surface area (Å²) in [5.41, 5.74) is 0. The van der Waals surface area contributed by atoms with Crippen LogP contribution < -0.4 is 5.32 Å². The third kappa shape index (κ3) is 34.7. The van der Waals surface area contributed by atoms with Gasteiger partial charge in [-0.3, -0.25) is 9.59 Å². The maximum absolute atomic E-state index is 13.3. The molecule has 11 heteroatoms. The van der Waals surface area contributed by atoms with Gasteiger partial charge in [0.25, 0.3) is 0 Å². The summed E-state index contributed by atoms with van der Waals surface area (Å²) in [6.07, 6.45) is 47.7. The van der Waals surface area contributed by atoms with Crippen molar-refractivity contribution in [2.45, 2.75) is 256 Å². The maximum Gasteiger partial charge on any atom is 0.306 e. The molecule has 1 fully saturated rings. The zero-order valence-electron chi connectivity index (χ0n) is 43.4. The second-order valence-electron chi connectivity index (χ2n) is 18.7. The van der Waals surface area contributed by atoms with Crippen molar-refractivity contribution in [1.82, 2.24) is 5.32 Å². The Morgan fingerprint density at radius 1 is 0.580 bits per heavy atom. The summed E-state index contributed by atoms with van der Waals surface area (Å²) in [6, 6.07) is -1.04. The number of ether oxygens (including phenoxy) is 3. The Hall–Kier alpha value is -3.16. The monoisotopic (exact) mass is 970 g/mol. The molecule has 0 spiro atoms. The van der Waals surface area contributed by atoms with Gasteiger partial charge in [0.05, 0.1) is 25.4 Å². The molecule has 1 rings (SSSR count). The number of rotatable bonds is 44. The highest BCUT2D eigenvalue weighted by molar-refractivity contribution is 5.80. The molecule has 1 amide bonds. The minimum absolute atomic E-state index is 0.0919. The summed E-state index contributed by atoms with van der Waals surface area (Å²) in [4.78, 5) is 26.4. The van der Waals surface area contributed by atoms with Crippen LogP contribution in [0.1, 0.15) is 207 Å². The molecule has 1 heterocycles. The van der Waals surface area contributed by atoms with E-state index in [-0.39, 0.29) is 19.4 Å². The lowest BCUT2D eigenvalue weighted by atomic mass is 9.99. The fraction of sp³-hybridized carbons (Fsp3) is 0.724. The van der Waals surface area contributed by atoms with E-state index >= 15 is 0 Å². The third-order valence-electron chi connectivity index (χ3n) is 12.4. The molecule has 0 aliphatic carbocycles. The first-order chi connectivity index (χ1) is 33.7. The molecule has 8 unspecified atom stereocenters. The number of amides is 1. The number of hydrogen-bond acceptors (Lipinski definition) is 10. The fourth-order valence-corrected chi connectivity index (χ4v) is 8.00. The Balaban J connectivity index is 2.78. The molecule has 6 N–H and O–H groups in total. The number of aliphatic hydroxyl groups is 5. The van der Waals surface area contributed by atoms with Crippen LogP contribution in [-0.2, 0) is 23.8 Å². The molecule has 396 valence electrons. The quantitative estimate of drug-likeness (QED) is 0.0149. The highest BCUT2D eigenvalue weighted by Gasteiger charge is 2.47. The Labute approximate surface area is 419 Å². The average Bonchev–Trinajstić information content (AvgIpc) is 3.34. The van der Waals surface area contributed by atoms with E-state index in [2.05, 4.69) is 62.5 Å². The van der Waals surface area contributed by atoms with Crippen molar-refractivity contribution >= 4 is 11.9 Å². The van der Waals surface area contributed by atoms with Crippen molar-refractivity contribution in [3.63, 3.8) is 0 Å². The lowest BCUT2D eigenvalue weighted by Gasteiger charge is -2.41. The standard InChI is InChI=1S/C58H99NO10/c1-4-7-10-13-16-19-22-24-26-28-31-34-37-40-43-46-53(63)69-56-55(65)54(64)52(47-60)68-58(56)67-48-49(50(61)44-41-38-35-32-29-21-18-15-12-9-6-3)59-57(66)51(62)45-42-39-36-33-30-27-25-23-20-17-14-11-8-5-2/h7,10,13,16-17,19-20,22-26,41,44,49-52,54-56,58,60-62,64-65H,4-6,8-9,11-12,14-15,18,21,27-40,42-43,45-48H2,1-3H3,(H,59,66)/b10-7+,16-13+,20-17+,22-19+,25-23+,26-24-,44-41+. The topological polar surface area (TPSA) is 175 Å². The summed E-state index contributed by atoms with van der Waals surface area (Å²) in [5, 5.41) is 56.7. The van der Waals surface area contributed by atoms with Crippen LogP contribution in [0.5, 0.6) is 0 Å². The van der Waals surface area contributed by atoms with Crippen molar-refractivity contribution in [2.75, 3.05) is 13.2 Å². The van der Waals surface area contributed by atoms with E-state index in [1.54, 1.807) is 6.08 Å². The molecule has 11 nitrogen and oxygen atoms in total. The molecular formula is C58H99NO10. The van der Waals surface area contributed by atoms with Gasteiger partial charge in [-0.1, -0.05) is 215 Å². The zero-order valence-corrected chi connectivity index (χ0v) is 43.4.